The Balaban J connectivity index is 1.87. The molecule has 0 amide bonds. The van der Waals surface area contributed by atoms with Crippen LogP contribution < -0.4 is 10.4 Å². The van der Waals surface area contributed by atoms with Crippen molar-refractivity contribution in [3.05, 3.63) is 63.2 Å². The van der Waals surface area contributed by atoms with Crippen LogP contribution in [0.1, 0.15) is 0 Å². The van der Waals surface area contributed by atoms with Crippen LogP contribution in [0.3, 0.4) is 0 Å². The van der Waals surface area contributed by atoms with Crippen LogP contribution in [0.5, 0.6) is 5.75 Å². The third-order valence-electron chi connectivity index (χ3n) is 3.75. The quantitative estimate of drug-likeness (QED) is 0.460. The number of hydrogen-bond donors (Lipinski definition) is 0. The molecule has 2 aromatic heterocycles. The van der Waals surface area contributed by atoms with Crippen LogP contribution in [0, 0.1) is 5.82 Å². The first-order valence-electron chi connectivity index (χ1n) is 7.47. The van der Waals surface area contributed by atoms with Gasteiger partial charge in [-0.15, -0.1) is 0 Å². The van der Waals surface area contributed by atoms with Crippen molar-refractivity contribution in [1.82, 2.24) is 10.1 Å². The Labute approximate surface area is 154 Å². The van der Waals surface area contributed by atoms with E-state index in [-0.39, 0.29) is 22.8 Å². The van der Waals surface area contributed by atoms with E-state index in [1.165, 1.54) is 19.2 Å². The van der Waals surface area contributed by atoms with Crippen molar-refractivity contribution in [3.63, 3.8) is 0 Å². The maximum atomic E-state index is 13.9. The number of methoxy groups -OCH3 is 1. The fourth-order valence-electron chi connectivity index (χ4n) is 2.55. The third-order valence-corrected chi connectivity index (χ3v) is 4.21. The largest absolute Gasteiger partial charge is 0.493 e. The molecule has 4 rings (SSSR count). The van der Waals surface area contributed by atoms with Gasteiger partial charge in [-0.3, -0.25) is 0 Å². The molecule has 0 aliphatic rings. The standard InChI is InChI=1S/C18H10BrFN2O4/c1-24-14-8-10(19)6-9-7-12(18(23)25-15(9)14)17-21-16(22-26-17)11-4-2-3-5-13(11)20/h2-8H,1H3. The Morgan fingerprint density at radius 2 is 1.96 bits per heavy atom. The van der Waals surface area contributed by atoms with Gasteiger partial charge in [-0.25, -0.2) is 9.18 Å². The lowest BCUT2D eigenvalue weighted by Crippen LogP contribution is -2.03. The number of ether oxygens (including phenoxy) is 1. The number of halogens is 2. The molecule has 0 saturated carbocycles. The molecule has 2 aromatic carbocycles. The molecule has 0 unspecified atom stereocenters. The molecule has 0 fully saturated rings. The fraction of sp³-hybridized carbons (Fsp3) is 0.0556. The van der Waals surface area contributed by atoms with Gasteiger partial charge in [-0.1, -0.05) is 33.2 Å². The van der Waals surface area contributed by atoms with Gasteiger partial charge in [0.05, 0.1) is 12.7 Å². The first-order chi connectivity index (χ1) is 12.6. The number of nitrogens with zero attached hydrogens (tertiary/aromatic N) is 2. The summed E-state index contributed by atoms with van der Waals surface area (Å²) in [5.74, 6) is -0.0862. The lowest BCUT2D eigenvalue weighted by Gasteiger charge is -2.05. The maximum Gasteiger partial charge on any atom is 0.349 e. The average molecular weight is 417 g/mol. The van der Waals surface area contributed by atoms with Gasteiger partial charge in [0.1, 0.15) is 11.4 Å². The number of hydrogen-bond acceptors (Lipinski definition) is 6. The van der Waals surface area contributed by atoms with Gasteiger partial charge in [0.15, 0.2) is 11.3 Å². The van der Waals surface area contributed by atoms with Gasteiger partial charge >= 0.3 is 5.63 Å². The highest BCUT2D eigenvalue weighted by Gasteiger charge is 2.19. The molecule has 6 nitrogen and oxygen atoms in total. The van der Waals surface area contributed by atoms with Crippen LogP contribution >= 0.6 is 15.9 Å². The van der Waals surface area contributed by atoms with Crippen molar-refractivity contribution < 1.29 is 18.1 Å². The van der Waals surface area contributed by atoms with E-state index in [0.717, 1.165) is 4.47 Å². The molecule has 0 aliphatic carbocycles. The Morgan fingerprint density at radius 3 is 2.73 bits per heavy atom. The van der Waals surface area contributed by atoms with Crippen molar-refractivity contribution in [2.24, 2.45) is 0 Å². The van der Waals surface area contributed by atoms with E-state index in [2.05, 4.69) is 26.1 Å². The lowest BCUT2D eigenvalue weighted by molar-refractivity contribution is 0.405. The highest BCUT2D eigenvalue weighted by atomic mass is 79.9. The number of aromatic nitrogens is 2. The average Bonchev–Trinajstić information content (AvgIpc) is 3.11. The molecule has 2 heterocycles. The van der Waals surface area contributed by atoms with Gasteiger partial charge in [0, 0.05) is 9.86 Å². The van der Waals surface area contributed by atoms with E-state index in [0.29, 0.717) is 16.7 Å². The third kappa shape index (κ3) is 2.78. The molecule has 0 spiro atoms. The molecular formula is C18H10BrFN2O4. The zero-order valence-electron chi connectivity index (χ0n) is 13.3. The van der Waals surface area contributed by atoms with Crippen molar-refractivity contribution >= 4 is 26.9 Å². The molecule has 130 valence electrons. The van der Waals surface area contributed by atoms with Crippen molar-refractivity contribution in [2.45, 2.75) is 0 Å². The smallest absolute Gasteiger partial charge is 0.349 e. The number of fused-ring (bicyclic) bond motifs is 1. The van der Waals surface area contributed by atoms with Gasteiger partial charge < -0.3 is 13.7 Å². The van der Waals surface area contributed by atoms with Crippen LogP contribution in [-0.4, -0.2) is 17.3 Å². The summed E-state index contributed by atoms with van der Waals surface area (Å²) >= 11 is 3.37. The summed E-state index contributed by atoms with van der Waals surface area (Å²) in [6.07, 6.45) is 0. The SMILES string of the molecule is COc1cc(Br)cc2cc(-c3nc(-c4ccccc4F)no3)c(=O)oc12. The van der Waals surface area contributed by atoms with E-state index in [4.69, 9.17) is 13.7 Å². The second-order valence-corrected chi connectivity index (χ2v) is 6.29. The van der Waals surface area contributed by atoms with Crippen LogP contribution in [0.4, 0.5) is 4.39 Å². The van der Waals surface area contributed by atoms with E-state index in [1.807, 2.05) is 0 Å². The Bertz CT molecular complexity index is 1190. The van der Waals surface area contributed by atoms with Gasteiger partial charge in [-0.05, 0) is 30.3 Å². The molecule has 8 heteroatoms. The van der Waals surface area contributed by atoms with E-state index in [1.54, 1.807) is 30.3 Å². The molecule has 4 aromatic rings. The highest BCUT2D eigenvalue weighted by molar-refractivity contribution is 9.10. The van der Waals surface area contributed by atoms with E-state index in [9.17, 15) is 9.18 Å². The number of benzene rings is 2. The summed E-state index contributed by atoms with van der Waals surface area (Å²) in [5.41, 5.74) is -0.106. The van der Waals surface area contributed by atoms with E-state index >= 15 is 0 Å². The van der Waals surface area contributed by atoms with Crippen LogP contribution in [0.2, 0.25) is 0 Å². The Kier molecular flexibility index (Phi) is 4.04. The summed E-state index contributed by atoms with van der Waals surface area (Å²) < 4.78 is 30.4. The predicted octanol–water partition coefficient (Wildman–Crippen LogP) is 4.42. The zero-order valence-corrected chi connectivity index (χ0v) is 14.9. The first kappa shape index (κ1) is 16.5. The second kappa shape index (κ2) is 6.38. The molecule has 0 aliphatic heterocycles. The summed E-state index contributed by atoms with van der Waals surface area (Å²) in [5, 5.41) is 4.36. The van der Waals surface area contributed by atoms with Crippen LogP contribution in [0.15, 0.2) is 60.7 Å². The van der Waals surface area contributed by atoms with Crippen molar-refractivity contribution in [1.29, 1.82) is 0 Å². The fourth-order valence-corrected chi connectivity index (χ4v) is 3.01. The predicted molar refractivity (Wildman–Crippen MR) is 95.4 cm³/mol. The normalized spacial score (nSPS) is 11.0. The summed E-state index contributed by atoms with van der Waals surface area (Å²) in [6, 6.07) is 11.0. The molecule has 0 N–H and O–H groups in total. The monoisotopic (exact) mass is 416 g/mol. The first-order valence-corrected chi connectivity index (χ1v) is 8.26. The molecule has 0 radical (unpaired) electrons. The van der Waals surface area contributed by atoms with Crippen molar-refractivity contribution in [3.8, 4) is 28.6 Å². The van der Waals surface area contributed by atoms with Crippen LogP contribution in [-0.2, 0) is 0 Å². The minimum Gasteiger partial charge on any atom is -0.493 e. The summed E-state index contributed by atoms with van der Waals surface area (Å²) in [6.45, 7) is 0. The summed E-state index contributed by atoms with van der Waals surface area (Å²) in [4.78, 5) is 16.5. The Morgan fingerprint density at radius 1 is 1.15 bits per heavy atom. The van der Waals surface area contributed by atoms with Gasteiger partial charge in [-0.2, -0.15) is 4.98 Å². The minimum atomic E-state index is -0.665. The highest BCUT2D eigenvalue weighted by Crippen LogP contribution is 2.31. The molecular weight excluding hydrogens is 407 g/mol. The topological polar surface area (TPSA) is 78.4 Å². The van der Waals surface area contributed by atoms with Crippen LogP contribution in [0.25, 0.3) is 33.8 Å². The molecule has 26 heavy (non-hydrogen) atoms. The van der Waals surface area contributed by atoms with E-state index < -0.39 is 11.4 Å². The summed E-state index contributed by atoms with van der Waals surface area (Å²) in [7, 11) is 1.48. The van der Waals surface area contributed by atoms with Gasteiger partial charge in [0.2, 0.25) is 5.82 Å². The Hall–Kier alpha value is -3.00. The molecule has 0 bridgehead atoms. The van der Waals surface area contributed by atoms with Crippen molar-refractivity contribution in [2.75, 3.05) is 7.11 Å². The number of rotatable bonds is 3. The second-order valence-electron chi connectivity index (χ2n) is 5.38. The minimum absolute atomic E-state index is 0.0458. The van der Waals surface area contributed by atoms with Gasteiger partial charge in [0.25, 0.3) is 5.89 Å². The zero-order chi connectivity index (χ0) is 18.3. The molecule has 0 atom stereocenters. The molecule has 0 saturated heterocycles. The maximum absolute atomic E-state index is 13.9. The lowest BCUT2D eigenvalue weighted by atomic mass is 10.1.